The minimum absolute atomic E-state index is 0.653. The highest BCUT2D eigenvalue weighted by Crippen LogP contribution is 1.75. The fourth-order valence-corrected chi connectivity index (χ4v) is 0.387. The molecule has 5 heteroatoms. The molecule has 0 heterocycles. The third kappa shape index (κ3) is 22.5. The molecule has 0 spiro atoms. The summed E-state index contributed by atoms with van der Waals surface area (Å²) in [5.41, 5.74) is 0. The van der Waals surface area contributed by atoms with Gasteiger partial charge in [-0.1, -0.05) is 0 Å². The monoisotopic (exact) mass is 207 g/mol. The van der Waals surface area contributed by atoms with Crippen molar-refractivity contribution in [3.8, 4) is 0 Å². The highest BCUT2D eigenvalue weighted by molar-refractivity contribution is 5.45. The molecule has 1 amide bonds. The Morgan fingerprint density at radius 1 is 1.00 bits per heavy atom. The van der Waals surface area contributed by atoms with Crippen molar-refractivity contribution >= 4 is 6.41 Å². The number of hydrogen-bond acceptors (Lipinski definition) is 4. The summed E-state index contributed by atoms with van der Waals surface area (Å²) in [6.07, 6.45) is 0.750. The van der Waals surface area contributed by atoms with E-state index in [1.807, 2.05) is 0 Å². The van der Waals surface area contributed by atoms with Gasteiger partial charge in [-0.15, -0.1) is 0 Å². The SMILES string of the molecule is CN(C)C=O.COCCOCCOC. The minimum Gasteiger partial charge on any atom is -0.382 e. The quantitative estimate of drug-likeness (QED) is 0.435. The van der Waals surface area contributed by atoms with E-state index >= 15 is 0 Å². The third-order valence-electron chi connectivity index (χ3n) is 1.07. The van der Waals surface area contributed by atoms with Crippen LogP contribution < -0.4 is 0 Å². The molecule has 0 aromatic carbocycles. The maximum Gasteiger partial charge on any atom is 0.209 e. The Balaban J connectivity index is 0. The summed E-state index contributed by atoms with van der Waals surface area (Å²) in [5, 5.41) is 0. The summed E-state index contributed by atoms with van der Waals surface area (Å²) in [5.74, 6) is 0. The second-order valence-corrected chi connectivity index (χ2v) is 2.67. The summed E-state index contributed by atoms with van der Waals surface area (Å²) < 4.78 is 14.6. The van der Waals surface area contributed by atoms with E-state index in [1.54, 1.807) is 28.3 Å². The molecule has 0 unspecified atom stereocenters. The van der Waals surface area contributed by atoms with Gasteiger partial charge < -0.3 is 19.1 Å². The molecule has 0 aliphatic heterocycles. The summed E-state index contributed by atoms with van der Waals surface area (Å²) >= 11 is 0. The Labute approximate surface area is 85.9 Å². The number of methoxy groups -OCH3 is 2. The number of carbonyl (C=O) groups excluding carboxylic acids is 1. The van der Waals surface area contributed by atoms with Crippen LogP contribution in [0.4, 0.5) is 0 Å². The van der Waals surface area contributed by atoms with E-state index in [4.69, 9.17) is 14.2 Å². The molecule has 0 bridgehead atoms. The highest BCUT2D eigenvalue weighted by Gasteiger charge is 1.84. The number of rotatable bonds is 7. The van der Waals surface area contributed by atoms with Gasteiger partial charge in [-0.25, -0.2) is 0 Å². The van der Waals surface area contributed by atoms with Gasteiger partial charge in [0.2, 0.25) is 6.41 Å². The summed E-state index contributed by atoms with van der Waals surface area (Å²) in [6, 6.07) is 0. The number of hydrogen-bond donors (Lipinski definition) is 0. The molecule has 0 aliphatic carbocycles. The lowest BCUT2D eigenvalue weighted by molar-refractivity contribution is -0.115. The maximum atomic E-state index is 9.43. The molecule has 0 aromatic rings. The van der Waals surface area contributed by atoms with E-state index < -0.39 is 0 Å². The van der Waals surface area contributed by atoms with E-state index in [1.165, 1.54) is 4.90 Å². The van der Waals surface area contributed by atoms with Crippen molar-refractivity contribution in [1.82, 2.24) is 4.90 Å². The van der Waals surface area contributed by atoms with E-state index in [9.17, 15) is 4.79 Å². The Bertz CT molecular complexity index is 103. The van der Waals surface area contributed by atoms with Crippen LogP contribution in [-0.2, 0) is 19.0 Å². The van der Waals surface area contributed by atoms with E-state index in [0.29, 0.717) is 26.4 Å². The predicted octanol–water partition coefficient (Wildman–Crippen LogP) is 0.000200. The van der Waals surface area contributed by atoms with Crippen molar-refractivity contribution in [1.29, 1.82) is 0 Å². The van der Waals surface area contributed by atoms with Gasteiger partial charge in [0, 0.05) is 28.3 Å². The van der Waals surface area contributed by atoms with E-state index in [-0.39, 0.29) is 0 Å². The largest absolute Gasteiger partial charge is 0.382 e. The van der Waals surface area contributed by atoms with Crippen LogP contribution in [0.25, 0.3) is 0 Å². The van der Waals surface area contributed by atoms with Crippen LogP contribution in [0.15, 0.2) is 0 Å². The Kier molecular flexibility index (Phi) is 16.8. The fourth-order valence-electron chi connectivity index (χ4n) is 0.387. The van der Waals surface area contributed by atoms with Crippen molar-refractivity contribution < 1.29 is 19.0 Å². The van der Waals surface area contributed by atoms with Gasteiger partial charge in [0.25, 0.3) is 0 Å². The predicted molar refractivity (Wildman–Crippen MR) is 54.3 cm³/mol. The van der Waals surface area contributed by atoms with Crippen molar-refractivity contribution in [3.63, 3.8) is 0 Å². The zero-order chi connectivity index (χ0) is 11.2. The van der Waals surface area contributed by atoms with Gasteiger partial charge in [-0.2, -0.15) is 0 Å². The molecule has 0 saturated carbocycles. The molecule has 0 fully saturated rings. The molecular formula is C9H21NO4. The van der Waals surface area contributed by atoms with Gasteiger partial charge in [0.05, 0.1) is 26.4 Å². The van der Waals surface area contributed by atoms with Crippen LogP contribution in [0.1, 0.15) is 0 Å². The van der Waals surface area contributed by atoms with E-state index in [0.717, 1.165) is 6.41 Å². The number of carbonyl (C=O) groups is 1. The van der Waals surface area contributed by atoms with Crippen LogP contribution in [0, 0.1) is 0 Å². The first-order valence-electron chi connectivity index (χ1n) is 4.36. The Morgan fingerprint density at radius 2 is 1.36 bits per heavy atom. The maximum absolute atomic E-state index is 9.43. The van der Waals surface area contributed by atoms with Crippen molar-refractivity contribution in [2.75, 3.05) is 54.7 Å². The summed E-state index contributed by atoms with van der Waals surface area (Å²) in [4.78, 5) is 10.9. The average Bonchev–Trinajstić information content (AvgIpc) is 2.19. The summed E-state index contributed by atoms with van der Waals surface area (Å²) in [7, 11) is 6.68. The van der Waals surface area contributed by atoms with Crippen LogP contribution in [0.5, 0.6) is 0 Å². The molecule has 0 atom stereocenters. The molecular weight excluding hydrogens is 186 g/mol. The number of nitrogens with zero attached hydrogens (tertiary/aromatic N) is 1. The molecule has 5 nitrogen and oxygen atoms in total. The normalized spacial score (nSPS) is 8.86. The lowest BCUT2D eigenvalue weighted by Gasteiger charge is -2.00. The number of ether oxygens (including phenoxy) is 3. The lowest BCUT2D eigenvalue weighted by Crippen LogP contribution is -2.06. The highest BCUT2D eigenvalue weighted by atomic mass is 16.5. The molecule has 0 rings (SSSR count). The van der Waals surface area contributed by atoms with Gasteiger partial charge in [0.15, 0.2) is 0 Å². The molecule has 0 radical (unpaired) electrons. The zero-order valence-corrected chi connectivity index (χ0v) is 9.49. The zero-order valence-electron chi connectivity index (χ0n) is 9.49. The van der Waals surface area contributed by atoms with Crippen LogP contribution in [-0.4, -0.2) is 66.1 Å². The first kappa shape index (κ1) is 15.8. The van der Waals surface area contributed by atoms with Crippen molar-refractivity contribution in [2.24, 2.45) is 0 Å². The second kappa shape index (κ2) is 14.9. The van der Waals surface area contributed by atoms with Crippen molar-refractivity contribution in [3.05, 3.63) is 0 Å². The number of amides is 1. The van der Waals surface area contributed by atoms with Gasteiger partial charge in [-0.05, 0) is 0 Å². The Morgan fingerprint density at radius 3 is 1.57 bits per heavy atom. The molecule has 14 heavy (non-hydrogen) atoms. The third-order valence-corrected chi connectivity index (χ3v) is 1.07. The summed E-state index contributed by atoms with van der Waals surface area (Å²) in [6.45, 7) is 2.62. The van der Waals surface area contributed by atoms with Crippen LogP contribution >= 0.6 is 0 Å². The topological polar surface area (TPSA) is 48.0 Å². The first-order chi connectivity index (χ1) is 6.68. The smallest absolute Gasteiger partial charge is 0.209 e. The molecule has 0 aromatic heterocycles. The lowest BCUT2D eigenvalue weighted by atomic mass is 10.7. The van der Waals surface area contributed by atoms with Gasteiger partial charge in [-0.3, -0.25) is 4.79 Å². The van der Waals surface area contributed by atoms with Gasteiger partial charge >= 0.3 is 0 Å². The molecule has 0 aliphatic rings. The van der Waals surface area contributed by atoms with Crippen LogP contribution in [0.3, 0.4) is 0 Å². The van der Waals surface area contributed by atoms with E-state index in [2.05, 4.69) is 0 Å². The molecule has 0 saturated heterocycles. The average molecular weight is 207 g/mol. The molecule has 86 valence electrons. The van der Waals surface area contributed by atoms with Gasteiger partial charge in [0.1, 0.15) is 0 Å². The van der Waals surface area contributed by atoms with Crippen LogP contribution in [0.2, 0.25) is 0 Å². The van der Waals surface area contributed by atoms with Crippen molar-refractivity contribution in [2.45, 2.75) is 0 Å². The second-order valence-electron chi connectivity index (χ2n) is 2.67. The first-order valence-corrected chi connectivity index (χ1v) is 4.36. The fraction of sp³-hybridized carbons (Fsp3) is 0.889. The minimum atomic E-state index is 0.653. The molecule has 0 N–H and O–H groups in total. The standard InChI is InChI=1S/C6H14O3.C3H7NO/c1-7-3-5-9-6-4-8-2;1-4(2)3-5/h3-6H2,1-2H3;3H,1-2H3. The Hall–Kier alpha value is -0.650.